The molecule has 6 nitrogen and oxygen atoms in total. The van der Waals surface area contributed by atoms with E-state index in [9.17, 15) is 8.76 Å². The molecule has 0 N–H and O–H groups in total. The van der Waals surface area contributed by atoms with E-state index < -0.39 is 11.1 Å². The van der Waals surface area contributed by atoms with Crippen LogP contribution < -0.4 is 0 Å². The lowest BCUT2D eigenvalue weighted by Gasteiger charge is -2.17. The predicted octanol–water partition coefficient (Wildman–Crippen LogP) is 3.66. The zero-order valence-corrected chi connectivity index (χ0v) is 15.3. The topological polar surface area (TPSA) is 91.9 Å². The molecule has 2 saturated carbocycles. The minimum absolute atomic E-state index is 0.0263. The Balaban J connectivity index is 1.54. The van der Waals surface area contributed by atoms with Gasteiger partial charge < -0.3 is 9.08 Å². The first-order chi connectivity index (χ1) is 12.0. The van der Waals surface area contributed by atoms with Crippen molar-refractivity contribution >= 4 is 11.1 Å². The van der Waals surface area contributed by atoms with E-state index in [1.165, 1.54) is 25.5 Å². The quantitative estimate of drug-likeness (QED) is 0.773. The van der Waals surface area contributed by atoms with Crippen molar-refractivity contribution in [2.45, 2.75) is 68.6 Å². The highest BCUT2D eigenvalue weighted by Crippen LogP contribution is 2.69. The number of rotatable bonds is 4. The van der Waals surface area contributed by atoms with Crippen LogP contribution in [0.15, 0.2) is 27.7 Å². The highest BCUT2D eigenvalue weighted by molar-refractivity contribution is 7.79. The highest BCUT2D eigenvalue weighted by atomic mass is 32.2. The van der Waals surface area contributed by atoms with Crippen molar-refractivity contribution in [1.29, 1.82) is 0 Å². The fourth-order valence-electron chi connectivity index (χ4n) is 4.23. The molecule has 25 heavy (non-hydrogen) atoms. The van der Waals surface area contributed by atoms with Gasteiger partial charge in [-0.2, -0.15) is 4.98 Å². The van der Waals surface area contributed by atoms with Crippen LogP contribution in [0.3, 0.4) is 0 Å². The molecule has 0 saturated heterocycles. The molecule has 2 aliphatic carbocycles. The first kappa shape index (κ1) is 16.8. The van der Waals surface area contributed by atoms with Crippen LogP contribution in [0.25, 0.3) is 0 Å². The number of pyridine rings is 1. The van der Waals surface area contributed by atoms with E-state index in [-0.39, 0.29) is 22.1 Å². The maximum atomic E-state index is 11.0. The van der Waals surface area contributed by atoms with E-state index in [0.29, 0.717) is 11.8 Å². The smallest absolute Gasteiger partial charge is 0.231 e. The maximum absolute atomic E-state index is 11.0. The summed E-state index contributed by atoms with van der Waals surface area (Å²) >= 11 is -2.25. The molecule has 0 spiro atoms. The summed E-state index contributed by atoms with van der Waals surface area (Å²) in [5.74, 6) is 2.26. The molecular formula is C18H22N3O3S-. The zero-order valence-electron chi connectivity index (χ0n) is 14.5. The van der Waals surface area contributed by atoms with Crippen molar-refractivity contribution in [1.82, 2.24) is 15.1 Å². The molecule has 7 heteroatoms. The molecule has 2 aromatic rings. The second kappa shape index (κ2) is 6.29. The van der Waals surface area contributed by atoms with Crippen LogP contribution in [0.1, 0.15) is 81.1 Å². The summed E-state index contributed by atoms with van der Waals surface area (Å²) in [4.78, 5) is 9.26. The summed E-state index contributed by atoms with van der Waals surface area (Å²) in [7, 11) is 0. The van der Waals surface area contributed by atoms with Crippen molar-refractivity contribution in [3.63, 3.8) is 0 Å². The number of hydrogen-bond acceptors (Lipinski definition) is 6. The van der Waals surface area contributed by atoms with E-state index in [4.69, 9.17) is 9.51 Å². The van der Waals surface area contributed by atoms with Gasteiger partial charge in [0.05, 0.1) is 5.92 Å². The molecule has 0 radical (unpaired) electrons. The Hall–Kier alpha value is -1.60. The van der Waals surface area contributed by atoms with Crippen molar-refractivity contribution in [3.05, 3.63) is 35.7 Å². The summed E-state index contributed by atoms with van der Waals surface area (Å²) in [6.07, 6.45) is 7.48. The lowest BCUT2D eigenvalue weighted by molar-refractivity contribution is 0.351. The average molecular weight is 360 g/mol. The van der Waals surface area contributed by atoms with Gasteiger partial charge in [-0.3, -0.25) is 9.19 Å². The minimum Gasteiger partial charge on any atom is -0.768 e. The summed E-state index contributed by atoms with van der Waals surface area (Å²) in [5, 5.41) is 4.24. The molecular weight excluding hydrogens is 338 g/mol. The number of hydrogen-bond donors (Lipinski definition) is 0. The molecule has 2 fully saturated rings. The van der Waals surface area contributed by atoms with Crippen LogP contribution in [0.2, 0.25) is 0 Å². The second-order valence-electron chi connectivity index (χ2n) is 7.76. The third-order valence-corrected chi connectivity index (χ3v) is 6.42. The fraction of sp³-hybridized carbons (Fsp3) is 0.611. The SMILES string of the molecule is CC1(C)[C@@H](c2ccc(S(=O)[O-])cn2)[C@@H]1c1nc(C2CCCCC2)no1. The van der Waals surface area contributed by atoms with Gasteiger partial charge in [0.25, 0.3) is 0 Å². The Morgan fingerprint density at radius 2 is 1.96 bits per heavy atom. The van der Waals surface area contributed by atoms with E-state index in [0.717, 1.165) is 24.4 Å². The minimum atomic E-state index is -2.25. The zero-order chi connectivity index (χ0) is 17.6. The van der Waals surface area contributed by atoms with Gasteiger partial charge in [-0.1, -0.05) is 38.3 Å². The third-order valence-electron chi connectivity index (χ3n) is 5.79. The molecule has 4 rings (SSSR count). The molecule has 134 valence electrons. The predicted molar refractivity (Wildman–Crippen MR) is 90.8 cm³/mol. The molecule has 0 amide bonds. The van der Waals surface area contributed by atoms with Gasteiger partial charge in [0.1, 0.15) is 0 Å². The first-order valence-corrected chi connectivity index (χ1v) is 9.94. The molecule has 0 aliphatic heterocycles. The molecule has 1 unspecified atom stereocenters. The number of nitrogens with zero attached hydrogens (tertiary/aromatic N) is 3. The van der Waals surface area contributed by atoms with Gasteiger partial charge in [0.2, 0.25) is 5.89 Å². The Labute approximate surface area is 149 Å². The molecule has 3 atom stereocenters. The summed E-state index contributed by atoms with van der Waals surface area (Å²) in [5.41, 5.74) is 0.850. The van der Waals surface area contributed by atoms with Crippen molar-refractivity contribution < 1.29 is 13.3 Å². The Bertz CT molecular complexity index is 781. The van der Waals surface area contributed by atoms with E-state index >= 15 is 0 Å². The molecule has 0 bridgehead atoms. The Morgan fingerprint density at radius 1 is 1.20 bits per heavy atom. The molecule has 2 aliphatic rings. The van der Waals surface area contributed by atoms with Crippen molar-refractivity contribution in [2.75, 3.05) is 0 Å². The standard InChI is InChI=1S/C18H23N3O3S/c1-18(2)14(13-9-8-12(10-19-13)25(22)23)15(18)17-20-16(21-24-17)11-6-4-3-5-7-11/h8-11,14-15H,3-7H2,1-2H3,(H,22,23)/p-1/t14-,15+/m0/s1. The van der Waals surface area contributed by atoms with Crippen LogP contribution in [0, 0.1) is 5.41 Å². The van der Waals surface area contributed by atoms with E-state index in [1.807, 2.05) is 0 Å². The monoisotopic (exact) mass is 360 g/mol. The Kier molecular flexibility index (Phi) is 4.24. The van der Waals surface area contributed by atoms with Gasteiger partial charge >= 0.3 is 0 Å². The van der Waals surface area contributed by atoms with Gasteiger partial charge in [-0.05, 0) is 41.5 Å². The molecule has 2 aromatic heterocycles. The molecule has 2 heterocycles. The van der Waals surface area contributed by atoms with Crippen LogP contribution in [-0.4, -0.2) is 23.9 Å². The van der Waals surface area contributed by atoms with E-state index in [1.54, 1.807) is 12.1 Å². The molecule has 0 aromatic carbocycles. The Morgan fingerprint density at radius 3 is 2.60 bits per heavy atom. The normalized spacial score (nSPS) is 27.2. The van der Waals surface area contributed by atoms with Crippen molar-refractivity contribution in [2.24, 2.45) is 5.41 Å². The van der Waals surface area contributed by atoms with E-state index in [2.05, 4.69) is 24.0 Å². The van der Waals surface area contributed by atoms with Gasteiger partial charge in [-0.25, -0.2) is 0 Å². The maximum Gasteiger partial charge on any atom is 0.231 e. The van der Waals surface area contributed by atoms with Crippen LogP contribution in [0.4, 0.5) is 0 Å². The largest absolute Gasteiger partial charge is 0.768 e. The summed E-state index contributed by atoms with van der Waals surface area (Å²) in [6, 6.07) is 3.38. The lowest BCUT2D eigenvalue weighted by atomic mass is 9.89. The van der Waals surface area contributed by atoms with Gasteiger partial charge in [0.15, 0.2) is 5.82 Å². The first-order valence-electron chi connectivity index (χ1n) is 8.87. The summed E-state index contributed by atoms with van der Waals surface area (Å²) < 4.78 is 27.6. The van der Waals surface area contributed by atoms with Crippen LogP contribution in [0.5, 0.6) is 0 Å². The lowest BCUT2D eigenvalue weighted by Crippen LogP contribution is -2.06. The van der Waals surface area contributed by atoms with Gasteiger partial charge in [-0.15, -0.1) is 0 Å². The van der Waals surface area contributed by atoms with Crippen molar-refractivity contribution in [3.8, 4) is 0 Å². The van der Waals surface area contributed by atoms with Gasteiger partial charge in [0, 0.05) is 28.6 Å². The third kappa shape index (κ3) is 3.04. The fourth-order valence-corrected chi connectivity index (χ4v) is 4.54. The average Bonchev–Trinajstić information content (AvgIpc) is 2.96. The second-order valence-corrected chi connectivity index (χ2v) is 8.70. The van der Waals surface area contributed by atoms with Crippen LogP contribution >= 0.6 is 0 Å². The van der Waals surface area contributed by atoms with Crippen LogP contribution in [-0.2, 0) is 11.1 Å². The number of aromatic nitrogens is 3. The summed E-state index contributed by atoms with van der Waals surface area (Å²) in [6.45, 7) is 4.32. The highest BCUT2D eigenvalue weighted by Gasteiger charge is 2.62.